The predicted octanol–water partition coefficient (Wildman–Crippen LogP) is 1.02. The van der Waals surface area contributed by atoms with Gasteiger partial charge in [-0.25, -0.2) is 4.79 Å². The van der Waals surface area contributed by atoms with Gasteiger partial charge in [-0.1, -0.05) is 18.5 Å². The Bertz CT molecular complexity index is 188. The molecule has 0 fully saturated rings. The maximum absolute atomic E-state index is 10.4. The second-order valence-electron chi connectivity index (χ2n) is 2.54. The first-order chi connectivity index (χ1) is 5.24. The molecule has 1 rings (SSSR count). The molecule has 0 aliphatic carbocycles. The highest BCUT2D eigenvalue weighted by atomic mass is 16.7. The number of carboxylic acids is 1. The molecule has 1 unspecified atom stereocenters. The molecule has 4 nitrogen and oxygen atoms in total. The van der Waals surface area contributed by atoms with Crippen LogP contribution < -0.4 is 0 Å². The quantitative estimate of drug-likeness (QED) is 0.665. The van der Waals surface area contributed by atoms with Crippen molar-refractivity contribution >= 4 is 11.7 Å². The summed E-state index contributed by atoms with van der Waals surface area (Å²) in [7, 11) is 0. The zero-order valence-corrected chi connectivity index (χ0v) is 6.41. The first kappa shape index (κ1) is 8.04. The van der Waals surface area contributed by atoms with Gasteiger partial charge in [-0.05, 0) is 6.42 Å². The number of aliphatic carboxylic acids is 1. The average molecular weight is 157 g/mol. The molecule has 0 saturated heterocycles. The lowest BCUT2D eigenvalue weighted by Crippen LogP contribution is -2.19. The van der Waals surface area contributed by atoms with Crippen molar-refractivity contribution in [3.63, 3.8) is 0 Å². The molecule has 11 heavy (non-hydrogen) atoms. The Morgan fingerprint density at radius 2 is 2.64 bits per heavy atom. The summed E-state index contributed by atoms with van der Waals surface area (Å²) in [5.74, 6) is -0.931. The topological polar surface area (TPSA) is 58.9 Å². The highest BCUT2D eigenvalue weighted by Gasteiger charge is 2.26. The molecule has 1 aliphatic rings. The summed E-state index contributed by atoms with van der Waals surface area (Å²) in [4.78, 5) is 15.0. The Morgan fingerprint density at radius 3 is 3.09 bits per heavy atom. The van der Waals surface area contributed by atoms with Crippen molar-refractivity contribution in [2.45, 2.75) is 32.3 Å². The molecule has 0 radical (unpaired) electrons. The van der Waals surface area contributed by atoms with E-state index in [1.54, 1.807) is 0 Å². The van der Waals surface area contributed by atoms with Crippen LogP contribution in [0.15, 0.2) is 5.16 Å². The molecule has 0 aromatic heterocycles. The Hall–Kier alpha value is -1.06. The molecule has 0 spiro atoms. The van der Waals surface area contributed by atoms with E-state index >= 15 is 0 Å². The van der Waals surface area contributed by atoms with Gasteiger partial charge < -0.3 is 9.94 Å². The van der Waals surface area contributed by atoms with Crippen LogP contribution >= 0.6 is 0 Å². The molecule has 4 heteroatoms. The summed E-state index contributed by atoms with van der Waals surface area (Å²) < 4.78 is 0. The minimum Gasteiger partial charge on any atom is -0.478 e. The standard InChI is InChI=1S/C7H11NO3/c1-2-3-5-4-6(7(9)10)11-8-5/h6H,2-4H2,1H3,(H,9,10). The summed E-state index contributed by atoms with van der Waals surface area (Å²) >= 11 is 0. The summed E-state index contributed by atoms with van der Waals surface area (Å²) in [6, 6.07) is 0. The number of oxime groups is 1. The van der Waals surface area contributed by atoms with Crippen LogP contribution in [-0.2, 0) is 9.63 Å². The summed E-state index contributed by atoms with van der Waals surface area (Å²) in [5, 5.41) is 12.2. The van der Waals surface area contributed by atoms with Gasteiger partial charge >= 0.3 is 5.97 Å². The molecule has 0 aromatic rings. The van der Waals surface area contributed by atoms with E-state index < -0.39 is 12.1 Å². The van der Waals surface area contributed by atoms with Gasteiger partial charge in [0.05, 0.1) is 5.71 Å². The number of hydrogen-bond donors (Lipinski definition) is 1. The first-order valence-corrected chi connectivity index (χ1v) is 3.68. The van der Waals surface area contributed by atoms with E-state index in [0.29, 0.717) is 6.42 Å². The van der Waals surface area contributed by atoms with Crippen molar-refractivity contribution in [2.24, 2.45) is 5.16 Å². The van der Waals surface area contributed by atoms with E-state index in [2.05, 4.69) is 9.99 Å². The summed E-state index contributed by atoms with van der Waals surface area (Å²) in [6.45, 7) is 2.02. The highest BCUT2D eigenvalue weighted by molar-refractivity contribution is 5.90. The van der Waals surface area contributed by atoms with Crippen LogP contribution in [0, 0.1) is 0 Å². The molecule has 1 N–H and O–H groups in total. The van der Waals surface area contributed by atoms with Gasteiger partial charge in [0.15, 0.2) is 0 Å². The minimum atomic E-state index is -0.931. The zero-order chi connectivity index (χ0) is 8.27. The van der Waals surface area contributed by atoms with Gasteiger partial charge in [0.1, 0.15) is 0 Å². The molecule has 0 amide bonds. The van der Waals surface area contributed by atoms with Crippen LogP contribution in [0.25, 0.3) is 0 Å². The van der Waals surface area contributed by atoms with Crippen molar-refractivity contribution < 1.29 is 14.7 Å². The monoisotopic (exact) mass is 157 g/mol. The molecule has 0 bridgehead atoms. The van der Waals surface area contributed by atoms with Crippen molar-refractivity contribution in [1.29, 1.82) is 0 Å². The molecule has 1 atom stereocenters. The van der Waals surface area contributed by atoms with Gasteiger partial charge in [-0.3, -0.25) is 0 Å². The molecule has 1 heterocycles. The summed E-state index contributed by atoms with van der Waals surface area (Å²) in [6.07, 6.45) is 1.53. The van der Waals surface area contributed by atoms with Gasteiger partial charge in [-0.15, -0.1) is 0 Å². The fourth-order valence-electron chi connectivity index (χ4n) is 0.995. The Labute approximate surface area is 64.8 Å². The third kappa shape index (κ3) is 1.93. The smallest absolute Gasteiger partial charge is 0.348 e. The molecule has 0 saturated carbocycles. The highest BCUT2D eigenvalue weighted by Crippen LogP contribution is 2.13. The minimum absolute atomic E-state index is 0.448. The molecular formula is C7H11NO3. The SMILES string of the molecule is CCCC1=NOC(C(=O)O)C1. The van der Waals surface area contributed by atoms with Crippen LogP contribution in [0.4, 0.5) is 0 Å². The van der Waals surface area contributed by atoms with E-state index in [1.807, 2.05) is 6.92 Å². The van der Waals surface area contributed by atoms with Gasteiger partial charge in [0.25, 0.3) is 0 Å². The average Bonchev–Trinajstić information content (AvgIpc) is 2.37. The first-order valence-electron chi connectivity index (χ1n) is 3.68. The third-order valence-corrected chi connectivity index (χ3v) is 1.54. The van der Waals surface area contributed by atoms with E-state index in [4.69, 9.17) is 5.11 Å². The summed E-state index contributed by atoms with van der Waals surface area (Å²) in [5.41, 5.74) is 0.861. The van der Waals surface area contributed by atoms with Crippen molar-refractivity contribution in [1.82, 2.24) is 0 Å². The van der Waals surface area contributed by atoms with Crippen LogP contribution in [-0.4, -0.2) is 22.9 Å². The number of rotatable bonds is 3. The Morgan fingerprint density at radius 1 is 1.91 bits per heavy atom. The number of nitrogens with zero attached hydrogens (tertiary/aromatic N) is 1. The Balaban J connectivity index is 2.36. The predicted molar refractivity (Wildman–Crippen MR) is 39.5 cm³/mol. The van der Waals surface area contributed by atoms with Crippen LogP contribution in [0.2, 0.25) is 0 Å². The second kappa shape index (κ2) is 3.37. The fourth-order valence-corrected chi connectivity index (χ4v) is 0.995. The van der Waals surface area contributed by atoms with Gasteiger partial charge in [-0.2, -0.15) is 0 Å². The zero-order valence-electron chi connectivity index (χ0n) is 6.41. The molecular weight excluding hydrogens is 146 g/mol. The fraction of sp³-hybridized carbons (Fsp3) is 0.714. The van der Waals surface area contributed by atoms with Crippen LogP contribution in [0.3, 0.4) is 0 Å². The van der Waals surface area contributed by atoms with Gasteiger partial charge in [0, 0.05) is 6.42 Å². The number of hydrogen-bond acceptors (Lipinski definition) is 3. The van der Waals surface area contributed by atoms with Crippen molar-refractivity contribution in [2.75, 3.05) is 0 Å². The third-order valence-electron chi connectivity index (χ3n) is 1.54. The molecule has 0 aromatic carbocycles. The largest absolute Gasteiger partial charge is 0.478 e. The maximum atomic E-state index is 10.4. The van der Waals surface area contributed by atoms with Crippen LogP contribution in [0.5, 0.6) is 0 Å². The lowest BCUT2D eigenvalue weighted by molar-refractivity contribution is -0.148. The van der Waals surface area contributed by atoms with E-state index in [1.165, 1.54) is 0 Å². The second-order valence-corrected chi connectivity index (χ2v) is 2.54. The van der Waals surface area contributed by atoms with E-state index in [-0.39, 0.29) is 0 Å². The van der Waals surface area contributed by atoms with Gasteiger partial charge in [0.2, 0.25) is 6.10 Å². The van der Waals surface area contributed by atoms with Crippen LogP contribution in [0.1, 0.15) is 26.2 Å². The number of carboxylic acid groups (broad SMARTS) is 1. The Kier molecular flexibility index (Phi) is 2.46. The lowest BCUT2D eigenvalue weighted by atomic mass is 10.1. The molecule has 1 aliphatic heterocycles. The van der Waals surface area contributed by atoms with E-state index in [9.17, 15) is 4.79 Å². The van der Waals surface area contributed by atoms with Crippen molar-refractivity contribution in [3.8, 4) is 0 Å². The number of carbonyl (C=O) groups is 1. The molecule has 62 valence electrons. The normalized spacial score (nSPS) is 22.6. The maximum Gasteiger partial charge on any atom is 0.348 e. The van der Waals surface area contributed by atoms with Crippen molar-refractivity contribution in [3.05, 3.63) is 0 Å². The van der Waals surface area contributed by atoms with E-state index in [0.717, 1.165) is 18.6 Å². The lowest BCUT2D eigenvalue weighted by Gasteiger charge is -1.98.